The number of benzene rings is 2. The minimum Gasteiger partial charge on any atom is -0.497 e. The zero-order valence-electron chi connectivity index (χ0n) is 15.7. The maximum Gasteiger partial charge on any atom is 0.263 e. The number of carbonyl (C=O) groups is 1. The molecule has 144 valence electrons. The summed E-state index contributed by atoms with van der Waals surface area (Å²) in [5, 5.41) is 0.649. The predicted octanol–water partition coefficient (Wildman–Crippen LogP) is 3.85. The van der Waals surface area contributed by atoms with Gasteiger partial charge in [-0.05, 0) is 55.0 Å². The van der Waals surface area contributed by atoms with E-state index in [0.29, 0.717) is 30.3 Å². The smallest absolute Gasteiger partial charge is 0.263 e. The molecule has 0 saturated carbocycles. The molecule has 3 rings (SSSR count). The summed E-state index contributed by atoms with van der Waals surface area (Å²) in [5.74, 6) is 1.55. The van der Waals surface area contributed by atoms with Crippen LogP contribution in [0.5, 0.6) is 11.5 Å². The summed E-state index contributed by atoms with van der Waals surface area (Å²) in [7, 11) is 1.66. The van der Waals surface area contributed by atoms with Crippen LogP contribution in [-0.2, 0) is 4.79 Å². The van der Waals surface area contributed by atoms with Crippen LogP contribution in [0.2, 0.25) is 5.02 Å². The van der Waals surface area contributed by atoms with Crippen LogP contribution in [0.15, 0.2) is 48.5 Å². The van der Waals surface area contributed by atoms with Gasteiger partial charge in [0.2, 0.25) is 0 Å². The third-order valence-electron chi connectivity index (χ3n) is 4.77. The van der Waals surface area contributed by atoms with Crippen molar-refractivity contribution in [1.82, 2.24) is 4.90 Å². The first-order valence-corrected chi connectivity index (χ1v) is 9.58. The van der Waals surface area contributed by atoms with Crippen LogP contribution in [-0.4, -0.2) is 50.2 Å². The normalized spacial score (nSPS) is 15.4. The van der Waals surface area contributed by atoms with Crippen molar-refractivity contribution < 1.29 is 14.3 Å². The molecule has 0 N–H and O–H groups in total. The number of nitrogens with zero attached hydrogens (tertiary/aromatic N) is 2. The van der Waals surface area contributed by atoms with Gasteiger partial charge in [0.1, 0.15) is 11.5 Å². The molecule has 0 radical (unpaired) electrons. The highest BCUT2D eigenvalue weighted by Crippen LogP contribution is 2.22. The molecule has 0 aromatic heterocycles. The second kappa shape index (κ2) is 9.00. The lowest BCUT2D eigenvalue weighted by Crippen LogP contribution is -2.52. The van der Waals surface area contributed by atoms with E-state index >= 15 is 0 Å². The van der Waals surface area contributed by atoms with E-state index in [2.05, 4.69) is 17.0 Å². The molecule has 0 bridgehead atoms. The molecule has 1 amide bonds. The Morgan fingerprint density at radius 3 is 2.15 bits per heavy atom. The second-order valence-electron chi connectivity index (χ2n) is 6.48. The van der Waals surface area contributed by atoms with E-state index in [0.717, 1.165) is 24.5 Å². The number of carbonyl (C=O) groups excluding carboxylic acids is 1. The highest BCUT2D eigenvalue weighted by atomic mass is 35.5. The number of hydrogen-bond acceptors (Lipinski definition) is 4. The quantitative estimate of drug-likeness (QED) is 0.753. The summed E-state index contributed by atoms with van der Waals surface area (Å²) in [5.41, 5.74) is 1.15. The lowest BCUT2D eigenvalue weighted by molar-refractivity contribution is -0.139. The molecule has 1 aliphatic heterocycles. The van der Waals surface area contributed by atoms with Gasteiger partial charge in [-0.3, -0.25) is 4.79 Å². The largest absolute Gasteiger partial charge is 0.497 e. The number of ether oxygens (including phenoxy) is 2. The van der Waals surface area contributed by atoms with Crippen LogP contribution in [0.25, 0.3) is 0 Å². The van der Waals surface area contributed by atoms with Gasteiger partial charge in [0.05, 0.1) is 7.11 Å². The summed E-state index contributed by atoms with van der Waals surface area (Å²) >= 11 is 5.91. The van der Waals surface area contributed by atoms with Crippen molar-refractivity contribution in [2.75, 3.05) is 38.2 Å². The van der Waals surface area contributed by atoms with Crippen LogP contribution in [0.4, 0.5) is 5.69 Å². The Labute approximate surface area is 165 Å². The lowest BCUT2D eigenvalue weighted by Gasteiger charge is -2.37. The Morgan fingerprint density at radius 1 is 1.00 bits per heavy atom. The van der Waals surface area contributed by atoms with E-state index in [9.17, 15) is 4.79 Å². The minimum atomic E-state index is -0.473. The van der Waals surface area contributed by atoms with Crippen LogP contribution >= 0.6 is 11.6 Å². The summed E-state index contributed by atoms with van der Waals surface area (Å²) in [6.07, 6.45) is 0.152. The fourth-order valence-corrected chi connectivity index (χ4v) is 3.29. The van der Waals surface area contributed by atoms with Gasteiger partial charge in [-0.2, -0.15) is 0 Å². The molecule has 0 aliphatic carbocycles. The Morgan fingerprint density at radius 2 is 1.59 bits per heavy atom. The molecule has 2 aromatic carbocycles. The van der Waals surface area contributed by atoms with Gasteiger partial charge in [0.25, 0.3) is 5.91 Å². The van der Waals surface area contributed by atoms with E-state index in [4.69, 9.17) is 21.1 Å². The fourth-order valence-electron chi connectivity index (χ4n) is 3.17. The van der Waals surface area contributed by atoms with E-state index < -0.39 is 6.10 Å². The summed E-state index contributed by atoms with van der Waals surface area (Å²) in [6, 6.07) is 15.1. The summed E-state index contributed by atoms with van der Waals surface area (Å²) < 4.78 is 11.1. The zero-order chi connectivity index (χ0) is 19.2. The Hall–Kier alpha value is -2.40. The van der Waals surface area contributed by atoms with Gasteiger partial charge in [-0.1, -0.05) is 18.5 Å². The molecule has 0 spiro atoms. The van der Waals surface area contributed by atoms with Gasteiger partial charge in [-0.15, -0.1) is 0 Å². The summed E-state index contributed by atoms with van der Waals surface area (Å²) in [4.78, 5) is 17.0. The molecule has 1 atom stereocenters. The Bertz CT molecular complexity index is 741. The Balaban J connectivity index is 1.56. The van der Waals surface area contributed by atoms with E-state index in [1.807, 2.05) is 24.0 Å². The van der Waals surface area contributed by atoms with Crippen molar-refractivity contribution in [2.24, 2.45) is 0 Å². The zero-order valence-corrected chi connectivity index (χ0v) is 16.5. The van der Waals surface area contributed by atoms with Gasteiger partial charge < -0.3 is 19.3 Å². The van der Waals surface area contributed by atoms with Crippen molar-refractivity contribution in [3.05, 3.63) is 53.6 Å². The van der Waals surface area contributed by atoms with E-state index in [-0.39, 0.29) is 5.91 Å². The first kappa shape index (κ1) is 19.4. The molecular weight excluding hydrogens is 364 g/mol. The van der Waals surface area contributed by atoms with Crippen LogP contribution < -0.4 is 14.4 Å². The topological polar surface area (TPSA) is 42.0 Å². The van der Waals surface area contributed by atoms with E-state index in [1.54, 1.807) is 31.4 Å². The highest BCUT2D eigenvalue weighted by Gasteiger charge is 2.28. The van der Waals surface area contributed by atoms with Crippen molar-refractivity contribution in [2.45, 2.75) is 19.4 Å². The Kier molecular flexibility index (Phi) is 6.45. The highest BCUT2D eigenvalue weighted by molar-refractivity contribution is 6.30. The minimum absolute atomic E-state index is 0.0434. The second-order valence-corrected chi connectivity index (χ2v) is 6.92. The molecular formula is C21H25ClN2O3. The van der Waals surface area contributed by atoms with Crippen molar-refractivity contribution >= 4 is 23.2 Å². The SMILES string of the molecule is CCC(Oc1ccc(Cl)cc1)C(=O)N1CCN(c2ccc(OC)cc2)CC1. The average Bonchev–Trinajstić information content (AvgIpc) is 2.73. The number of methoxy groups -OCH3 is 1. The van der Waals surface area contributed by atoms with Crippen LogP contribution in [0.1, 0.15) is 13.3 Å². The maximum absolute atomic E-state index is 12.9. The van der Waals surface area contributed by atoms with Gasteiger partial charge >= 0.3 is 0 Å². The lowest BCUT2D eigenvalue weighted by atomic mass is 10.2. The molecule has 1 unspecified atom stereocenters. The van der Waals surface area contributed by atoms with Crippen LogP contribution in [0, 0.1) is 0 Å². The fraction of sp³-hybridized carbons (Fsp3) is 0.381. The standard InChI is InChI=1S/C21H25ClN2O3/c1-3-20(27-19-8-4-16(22)5-9-19)21(25)24-14-12-23(13-15-24)17-6-10-18(26-2)11-7-17/h4-11,20H,3,12-15H2,1-2H3. The van der Waals surface area contributed by atoms with Crippen molar-refractivity contribution in [3.63, 3.8) is 0 Å². The van der Waals surface area contributed by atoms with Crippen molar-refractivity contribution in [1.29, 1.82) is 0 Å². The monoisotopic (exact) mass is 388 g/mol. The first-order valence-electron chi connectivity index (χ1n) is 9.20. The number of piperazine rings is 1. The number of hydrogen-bond donors (Lipinski definition) is 0. The van der Waals surface area contributed by atoms with Gasteiger partial charge in [-0.25, -0.2) is 0 Å². The molecule has 1 fully saturated rings. The summed E-state index contributed by atoms with van der Waals surface area (Å²) in [6.45, 7) is 4.94. The number of amides is 1. The van der Waals surface area contributed by atoms with Crippen molar-refractivity contribution in [3.8, 4) is 11.5 Å². The number of halogens is 1. The number of rotatable bonds is 6. The molecule has 27 heavy (non-hydrogen) atoms. The first-order chi connectivity index (χ1) is 13.1. The number of anilines is 1. The molecule has 6 heteroatoms. The third-order valence-corrected chi connectivity index (χ3v) is 5.02. The third kappa shape index (κ3) is 4.86. The maximum atomic E-state index is 12.9. The predicted molar refractivity (Wildman–Crippen MR) is 108 cm³/mol. The van der Waals surface area contributed by atoms with E-state index in [1.165, 1.54) is 0 Å². The molecule has 2 aromatic rings. The molecule has 5 nitrogen and oxygen atoms in total. The van der Waals surface area contributed by atoms with Gasteiger partial charge in [0, 0.05) is 36.9 Å². The average molecular weight is 389 g/mol. The molecule has 1 heterocycles. The molecule has 1 aliphatic rings. The molecule has 1 saturated heterocycles. The van der Waals surface area contributed by atoms with Gasteiger partial charge in [0.15, 0.2) is 6.10 Å². The van der Waals surface area contributed by atoms with Crippen LogP contribution in [0.3, 0.4) is 0 Å².